The average Bonchev–Trinajstić information content (AvgIpc) is 2.39. The van der Waals surface area contributed by atoms with Gasteiger partial charge in [0.05, 0.1) is 11.0 Å². The van der Waals surface area contributed by atoms with Gasteiger partial charge >= 0.3 is 0 Å². The zero-order chi connectivity index (χ0) is 13.9. The number of aryl methyl sites for hydroxylation is 1. The highest BCUT2D eigenvalue weighted by molar-refractivity contribution is 7.86. The second kappa shape index (κ2) is 4.31. The van der Waals surface area contributed by atoms with Gasteiger partial charge in [-0.15, -0.1) is 0 Å². The van der Waals surface area contributed by atoms with Crippen LogP contribution in [-0.4, -0.2) is 14.5 Å². The van der Waals surface area contributed by atoms with E-state index in [1.54, 1.807) is 12.1 Å². The molecule has 0 radical (unpaired) electrons. The molecule has 0 heterocycles. The van der Waals surface area contributed by atoms with Crippen molar-refractivity contribution in [1.82, 2.24) is 0 Å². The molecule has 3 nitrogen and oxygen atoms in total. The molecule has 0 N–H and O–H groups in total. The minimum absolute atomic E-state index is 0.0648. The quantitative estimate of drug-likeness (QED) is 0.804. The Labute approximate surface area is 120 Å². The molecule has 4 saturated carbocycles. The van der Waals surface area contributed by atoms with Crippen LogP contribution in [0.2, 0.25) is 0 Å². The maximum absolute atomic E-state index is 12.4. The third-order valence-electron chi connectivity index (χ3n) is 5.64. The van der Waals surface area contributed by atoms with Crippen molar-refractivity contribution in [1.29, 1.82) is 0 Å². The van der Waals surface area contributed by atoms with Gasteiger partial charge in [0, 0.05) is 0 Å². The second-order valence-corrected chi connectivity index (χ2v) is 8.30. The molecule has 4 aliphatic carbocycles. The molecular formula is C16H20O3S. The van der Waals surface area contributed by atoms with Crippen molar-refractivity contribution in [2.45, 2.75) is 43.6 Å². The summed E-state index contributed by atoms with van der Waals surface area (Å²) in [6, 6.07) is 6.94. The lowest BCUT2D eigenvalue weighted by Crippen LogP contribution is -2.58. The molecule has 1 aromatic rings. The second-order valence-electron chi connectivity index (χ2n) is 6.72. The Kier molecular flexibility index (Phi) is 2.77. The molecule has 20 heavy (non-hydrogen) atoms. The van der Waals surface area contributed by atoms with Gasteiger partial charge in [-0.3, -0.25) is 4.18 Å². The standard InChI is InChI=1S/C16H20O3S/c1-10-2-5-13(6-3-10)20(17,18)19-16-11-4-7-14-12(8-11)9-15(14)16/h2-3,5-6,11-12,14-16H,4,7-9H2,1H3. The lowest BCUT2D eigenvalue weighted by atomic mass is 9.47. The summed E-state index contributed by atoms with van der Waals surface area (Å²) >= 11 is 0. The van der Waals surface area contributed by atoms with E-state index in [-0.39, 0.29) is 6.10 Å². The third kappa shape index (κ3) is 1.85. The maximum Gasteiger partial charge on any atom is 0.297 e. The topological polar surface area (TPSA) is 43.4 Å². The van der Waals surface area contributed by atoms with Gasteiger partial charge in [0.25, 0.3) is 10.1 Å². The molecule has 0 saturated heterocycles. The van der Waals surface area contributed by atoms with Gasteiger partial charge in [-0.05, 0) is 68.4 Å². The molecule has 4 heteroatoms. The van der Waals surface area contributed by atoms with Crippen LogP contribution in [0.25, 0.3) is 0 Å². The molecule has 0 amide bonds. The van der Waals surface area contributed by atoms with Gasteiger partial charge in [0.2, 0.25) is 0 Å². The highest BCUT2D eigenvalue weighted by Crippen LogP contribution is 2.61. The summed E-state index contributed by atoms with van der Waals surface area (Å²) in [6.45, 7) is 1.95. The van der Waals surface area contributed by atoms with E-state index in [4.69, 9.17) is 4.18 Å². The van der Waals surface area contributed by atoms with E-state index in [1.807, 2.05) is 19.1 Å². The molecule has 108 valence electrons. The fourth-order valence-corrected chi connectivity index (χ4v) is 5.74. The summed E-state index contributed by atoms with van der Waals surface area (Å²) in [5.74, 6) is 2.55. The monoisotopic (exact) mass is 292 g/mol. The summed E-state index contributed by atoms with van der Waals surface area (Å²) in [7, 11) is -3.61. The Morgan fingerprint density at radius 3 is 2.35 bits per heavy atom. The third-order valence-corrected chi connectivity index (χ3v) is 6.97. The summed E-state index contributed by atoms with van der Waals surface area (Å²) in [4.78, 5) is 0.292. The molecule has 5 atom stereocenters. The number of benzene rings is 1. The van der Waals surface area contributed by atoms with E-state index in [9.17, 15) is 8.42 Å². The van der Waals surface area contributed by atoms with E-state index in [1.165, 1.54) is 19.3 Å². The first kappa shape index (κ1) is 12.8. The molecule has 1 aromatic carbocycles. The van der Waals surface area contributed by atoms with Crippen molar-refractivity contribution in [2.75, 3.05) is 0 Å². The first-order valence-corrected chi connectivity index (χ1v) is 8.95. The van der Waals surface area contributed by atoms with Crippen LogP contribution < -0.4 is 0 Å². The predicted octanol–water partition coefficient (Wildman–Crippen LogP) is 3.13. The zero-order valence-electron chi connectivity index (χ0n) is 11.7. The van der Waals surface area contributed by atoms with Crippen molar-refractivity contribution in [3.8, 4) is 0 Å². The van der Waals surface area contributed by atoms with Crippen LogP contribution in [0.5, 0.6) is 0 Å². The van der Waals surface area contributed by atoms with Crippen LogP contribution >= 0.6 is 0 Å². The number of rotatable bonds is 3. The lowest BCUT2D eigenvalue weighted by molar-refractivity contribution is -0.148. The van der Waals surface area contributed by atoms with E-state index < -0.39 is 10.1 Å². The fourth-order valence-electron chi connectivity index (χ4n) is 4.57. The summed E-state index contributed by atoms with van der Waals surface area (Å²) in [5.41, 5.74) is 1.06. The molecule has 0 spiro atoms. The van der Waals surface area contributed by atoms with Gasteiger partial charge in [0.15, 0.2) is 0 Å². The van der Waals surface area contributed by atoms with Crippen molar-refractivity contribution in [2.24, 2.45) is 23.7 Å². The number of fused-ring (bicyclic) bond motifs is 1. The van der Waals surface area contributed by atoms with Crippen LogP contribution in [0.4, 0.5) is 0 Å². The van der Waals surface area contributed by atoms with Gasteiger partial charge in [-0.25, -0.2) is 0 Å². The average molecular weight is 292 g/mol. The van der Waals surface area contributed by atoms with Crippen LogP contribution in [-0.2, 0) is 14.3 Å². The van der Waals surface area contributed by atoms with Gasteiger partial charge in [-0.2, -0.15) is 8.42 Å². The van der Waals surface area contributed by atoms with Crippen LogP contribution in [0.1, 0.15) is 31.2 Å². The summed E-state index contributed by atoms with van der Waals surface area (Å²) in [5, 5.41) is 0. The number of hydrogen-bond donors (Lipinski definition) is 0. The first-order chi connectivity index (χ1) is 9.54. The predicted molar refractivity (Wildman–Crippen MR) is 75.7 cm³/mol. The van der Waals surface area contributed by atoms with E-state index in [2.05, 4.69) is 0 Å². The lowest BCUT2D eigenvalue weighted by Gasteiger charge is -2.60. The van der Waals surface area contributed by atoms with E-state index in [0.29, 0.717) is 16.7 Å². The Bertz CT molecular complexity index is 616. The molecule has 0 aliphatic heterocycles. The van der Waals surface area contributed by atoms with Gasteiger partial charge in [-0.1, -0.05) is 17.7 Å². The fraction of sp³-hybridized carbons (Fsp3) is 0.625. The molecule has 4 aliphatic rings. The SMILES string of the molecule is Cc1ccc(S(=O)(=O)OC2C3CCC4C(C3)CC42)cc1. The van der Waals surface area contributed by atoms with Crippen LogP contribution in [0.3, 0.4) is 0 Å². The van der Waals surface area contributed by atoms with Crippen molar-refractivity contribution in [3.63, 3.8) is 0 Å². The summed E-state index contributed by atoms with van der Waals surface area (Å²) in [6.07, 6.45) is 4.71. The molecule has 5 unspecified atom stereocenters. The minimum atomic E-state index is -3.61. The smallest absolute Gasteiger partial charge is 0.262 e. The number of hydrogen-bond acceptors (Lipinski definition) is 3. The molecule has 4 bridgehead atoms. The molecule has 0 aromatic heterocycles. The van der Waals surface area contributed by atoms with Gasteiger partial charge < -0.3 is 0 Å². The normalized spacial score (nSPS) is 38.5. The van der Waals surface area contributed by atoms with Gasteiger partial charge in [0.1, 0.15) is 0 Å². The van der Waals surface area contributed by atoms with Crippen molar-refractivity contribution in [3.05, 3.63) is 29.8 Å². The molecule has 4 fully saturated rings. The largest absolute Gasteiger partial charge is 0.297 e. The highest BCUT2D eigenvalue weighted by Gasteiger charge is 2.57. The highest BCUT2D eigenvalue weighted by atomic mass is 32.2. The maximum atomic E-state index is 12.4. The van der Waals surface area contributed by atoms with Crippen LogP contribution in [0.15, 0.2) is 29.2 Å². The first-order valence-electron chi connectivity index (χ1n) is 7.54. The Balaban J connectivity index is 1.57. The van der Waals surface area contributed by atoms with E-state index >= 15 is 0 Å². The van der Waals surface area contributed by atoms with Crippen LogP contribution in [0, 0.1) is 30.6 Å². The summed E-state index contributed by atoms with van der Waals surface area (Å²) < 4.78 is 30.5. The Morgan fingerprint density at radius 1 is 1.00 bits per heavy atom. The minimum Gasteiger partial charge on any atom is -0.262 e. The van der Waals surface area contributed by atoms with Crippen molar-refractivity contribution < 1.29 is 12.6 Å². The Morgan fingerprint density at radius 2 is 1.75 bits per heavy atom. The van der Waals surface area contributed by atoms with Crippen molar-refractivity contribution >= 4 is 10.1 Å². The molecular weight excluding hydrogens is 272 g/mol. The zero-order valence-corrected chi connectivity index (χ0v) is 12.5. The van der Waals surface area contributed by atoms with E-state index in [0.717, 1.165) is 23.8 Å². The Hall–Kier alpha value is -0.870. The molecule has 5 rings (SSSR count).